The van der Waals surface area contributed by atoms with Gasteiger partial charge in [-0.1, -0.05) is 0 Å². The average molecular weight is 252 g/mol. The Labute approximate surface area is 76.1 Å². The van der Waals surface area contributed by atoms with Crippen LogP contribution in [0.25, 0.3) is 0 Å². The van der Waals surface area contributed by atoms with Crippen molar-refractivity contribution in [2.75, 3.05) is 26.2 Å². The molecular formula is C7H13IN2. The van der Waals surface area contributed by atoms with Crippen molar-refractivity contribution in [2.24, 2.45) is 0 Å². The fourth-order valence-corrected chi connectivity index (χ4v) is 1.93. The molecule has 0 aromatic heterocycles. The van der Waals surface area contributed by atoms with Crippen LogP contribution in [-0.2, 0) is 0 Å². The number of piperazine rings is 1. The molecule has 3 heteroatoms. The lowest BCUT2D eigenvalue weighted by Crippen LogP contribution is -2.43. The normalized spacial score (nSPS) is 30.9. The van der Waals surface area contributed by atoms with Crippen LogP contribution in [0, 0.1) is 0 Å². The van der Waals surface area contributed by atoms with E-state index in [1.54, 1.807) is 0 Å². The van der Waals surface area contributed by atoms with Gasteiger partial charge in [-0.25, -0.2) is 3.11 Å². The standard InChI is InChI=1S/C7H13IN2/c8-10-5-3-9(4-6-10)7-1-2-7/h7H,1-6H2. The first-order chi connectivity index (χ1) is 4.86. The van der Waals surface area contributed by atoms with Gasteiger partial charge in [-0.15, -0.1) is 0 Å². The monoisotopic (exact) mass is 252 g/mol. The first kappa shape index (κ1) is 7.31. The first-order valence-electron chi connectivity index (χ1n) is 4.01. The molecule has 2 nitrogen and oxygen atoms in total. The van der Waals surface area contributed by atoms with Gasteiger partial charge in [0.25, 0.3) is 0 Å². The highest BCUT2D eigenvalue weighted by Gasteiger charge is 2.30. The van der Waals surface area contributed by atoms with E-state index in [-0.39, 0.29) is 0 Å². The summed E-state index contributed by atoms with van der Waals surface area (Å²) in [5, 5.41) is 0. The molecule has 0 amide bonds. The van der Waals surface area contributed by atoms with Crippen LogP contribution in [0.1, 0.15) is 12.8 Å². The van der Waals surface area contributed by atoms with Crippen molar-refractivity contribution in [2.45, 2.75) is 18.9 Å². The van der Waals surface area contributed by atoms with Gasteiger partial charge in [-0.2, -0.15) is 0 Å². The first-order valence-corrected chi connectivity index (χ1v) is 4.97. The van der Waals surface area contributed by atoms with E-state index in [9.17, 15) is 0 Å². The molecule has 0 aromatic rings. The van der Waals surface area contributed by atoms with E-state index < -0.39 is 0 Å². The summed E-state index contributed by atoms with van der Waals surface area (Å²) in [7, 11) is 0. The van der Waals surface area contributed by atoms with Gasteiger partial charge in [0.05, 0.1) is 0 Å². The van der Waals surface area contributed by atoms with Crippen LogP contribution < -0.4 is 0 Å². The molecule has 0 aromatic carbocycles. The quantitative estimate of drug-likeness (QED) is 0.509. The zero-order valence-corrected chi connectivity index (χ0v) is 8.25. The minimum absolute atomic E-state index is 0.977. The molecule has 0 bridgehead atoms. The summed E-state index contributed by atoms with van der Waals surface area (Å²) in [6.07, 6.45) is 2.92. The Morgan fingerprint density at radius 2 is 1.60 bits per heavy atom. The second-order valence-corrected chi connectivity index (χ2v) is 4.54. The van der Waals surface area contributed by atoms with E-state index in [0.717, 1.165) is 6.04 Å². The Balaban J connectivity index is 1.79. The summed E-state index contributed by atoms with van der Waals surface area (Å²) in [6, 6.07) is 0.977. The molecular weight excluding hydrogens is 239 g/mol. The van der Waals surface area contributed by atoms with Gasteiger partial charge in [-0.05, 0) is 12.8 Å². The molecule has 0 unspecified atom stereocenters. The second-order valence-electron chi connectivity index (χ2n) is 3.18. The van der Waals surface area contributed by atoms with Crippen molar-refractivity contribution in [1.29, 1.82) is 0 Å². The van der Waals surface area contributed by atoms with Crippen LogP contribution in [-0.4, -0.2) is 40.2 Å². The lowest BCUT2D eigenvalue weighted by Gasteiger charge is -2.30. The van der Waals surface area contributed by atoms with Crippen molar-refractivity contribution < 1.29 is 0 Å². The molecule has 0 spiro atoms. The zero-order valence-electron chi connectivity index (χ0n) is 6.09. The van der Waals surface area contributed by atoms with Crippen LogP contribution >= 0.6 is 22.9 Å². The Morgan fingerprint density at radius 1 is 1.00 bits per heavy atom. The average Bonchev–Trinajstić information content (AvgIpc) is 2.71. The molecule has 0 atom stereocenters. The lowest BCUT2D eigenvalue weighted by molar-refractivity contribution is 0.197. The van der Waals surface area contributed by atoms with Gasteiger partial charge in [0.15, 0.2) is 0 Å². The van der Waals surface area contributed by atoms with E-state index in [2.05, 4.69) is 30.9 Å². The molecule has 1 saturated carbocycles. The number of hydrogen-bond donors (Lipinski definition) is 0. The third-order valence-electron chi connectivity index (χ3n) is 2.32. The molecule has 10 heavy (non-hydrogen) atoms. The fourth-order valence-electron chi connectivity index (χ4n) is 1.50. The highest BCUT2D eigenvalue weighted by Crippen LogP contribution is 2.27. The molecule has 1 aliphatic carbocycles. The third kappa shape index (κ3) is 1.62. The topological polar surface area (TPSA) is 6.48 Å². The Bertz CT molecular complexity index is 117. The molecule has 1 heterocycles. The summed E-state index contributed by atoms with van der Waals surface area (Å²) in [5.41, 5.74) is 0. The van der Waals surface area contributed by atoms with E-state index in [1.807, 2.05) is 0 Å². The van der Waals surface area contributed by atoms with Crippen molar-refractivity contribution >= 4 is 22.9 Å². The maximum absolute atomic E-state index is 2.63. The minimum Gasteiger partial charge on any atom is -0.298 e. The number of halogens is 1. The summed E-state index contributed by atoms with van der Waals surface area (Å²) < 4.78 is 2.39. The molecule has 1 saturated heterocycles. The summed E-state index contributed by atoms with van der Waals surface area (Å²) in [5.74, 6) is 0. The largest absolute Gasteiger partial charge is 0.298 e. The zero-order chi connectivity index (χ0) is 6.97. The summed E-state index contributed by atoms with van der Waals surface area (Å²) in [6.45, 7) is 5.12. The summed E-state index contributed by atoms with van der Waals surface area (Å²) in [4.78, 5) is 2.63. The molecule has 2 fully saturated rings. The minimum atomic E-state index is 0.977. The maximum atomic E-state index is 2.63. The van der Waals surface area contributed by atoms with Crippen LogP contribution in [0.3, 0.4) is 0 Å². The highest BCUT2D eigenvalue weighted by molar-refractivity contribution is 14.1. The van der Waals surface area contributed by atoms with Crippen molar-refractivity contribution in [1.82, 2.24) is 8.01 Å². The Hall–Kier alpha value is 0.650. The number of rotatable bonds is 1. The van der Waals surface area contributed by atoms with Gasteiger partial charge in [-0.3, -0.25) is 4.90 Å². The van der Waals surface area contributed by atoms with Crippen LogP contribution in [0.4, 0.5) is 0 Å². The van der Waals surface area contributed by atoms with Crippen LogP contribution in [0.2, 0.25) is 0 Å². The van der Waals surface area contributed by atoms with E-state index in [4.69, 9.17) is 0 Å². The highest BCUT2D eigenvalue weighted by atomic mass is 127. The maximum Gasteiger partial charge on any atom is 0.0209 e. The van der Waals surface area contributed by atoms with E-state index >= 15 is 0 Å². The second kappa shape index (κ2) is 2.95. The summed E-state index contributed by atoms with van der Waals surface area (Å²) >= 11 is 2.42. The predicted molar refractivity (Wildman–Crippen MR) is 50.2 cm³/mol. The van der Waals surface area contributed by atoms with E-state index in [0.29, 0.717) is 0 Å². The molecule has 1 aliphatic heterocycles. The number of hydrogen-bond acceptors (Lipinski definition) is 2. The molecule has 0 radical (unpaired) electrons. The van der Waals surface area contributed by atoms with Gasteiger partial charge >= 0.3 is 0 Å². The van der Waals surface area contributed by atoms with Gasteiger partial charge in [0.1, 0.15) is 0 Å². The van der Waals surface area contributed by atoms with Gasteiger partial charge in [0.2, 0.25) is 0 Å². The molecule has 0 N–H and O–H groups in total. The molecule has 58 valence electrons. The predicted octanol–water partition coefficient (Wildman–Crippen LogP) is 1.12. The van der Waals surface area contributed by atoms with Crippen molar-refractivity contribution in [3.8, 4) is 0 Å². The van der Waals surface area contributed by atoms with Gasteiger partial charge < -0.3 is 0 Å². The lowest BCUT2D eigenvalue weighted by atomic mass is 10.3. The van der Waals surface area contributed by atoms with Crippen LogP contribution in [0.5, 0.6) is 0 Å². The van der Waals surface area contributed by atoms with Crippen molar-refractivity contribution in [3.63, 3.8) is 0 Å². The smallest absolute Gasteiger partial charge is 0.0209 e. The third-order valence-corrected chi connectivity index (χ3v) is 3.29. The molecule has 2 aliphatic rings. The van der Waals surface area contributed by atoms with Gasteiger partial charge in [0, 0.05) is 55.1 Å². The molecule has 2 rings (SSSR count). The Morgan fingerprint density at radius 3 is 2.10 bits per heavy atom. The van der Waals surface area contributed by atoms with Crippen LogP contribution in [0.15, 0.2) is 0 Å². The SMILES string of the molecule is IN1CCN(C2CC2)CC1. The Kier molecular flexibility index (Phi) is 2.15. The number of nitrogens with zero attached hydrogens (tertiary/aromatic N) is 2. The van der Waals surface area contributed by atoms with E-state index in [1.165, 1.54) is 39.0 Å². The fraction of sp³-hybridized carbons (Fsp3) is 1.00. The van der Waals surface area contributed by atoms with Crippen molar-refractivity contribution in [3.05, 3.63) is 0 Å².